The number of fused-ring (bicyclic) bond motifs is 2. The van der Waals surface area contributed by atoms with Gasteiger partial charge in [-0.2, -0.15) is 0 Å². The number of ether oxygens (including phenoxy) is 2. The summed E-state index contributed by atoms with van der Waals surface area (Å²) in [6, 6.07) is 13.8. The number of allylic oxidation sites excluding steroid dienone is 2. The van der Waals surface area contributed by atoms with Crippen molar-refractivity contribution >= 4 is 34.6 Å². The van der Waals surface area contributed by atoms with Gasteiger partial charge in [0.2, 0.25) is 0 Å². The molecule has 4 aliphatic rings. The maximum atomic E-state index is 13.6. The normalized spacial score (nSPS) is 18.7. The number of hydrogen-bond donors (Lipinski definition) is 2. The molecule has 0 atom stereocenters. The van der Waals surface area contributed by atoms with Crippen LogP contribution in [-0.2, 0) is 4.79 Å². The Balaban J connectivity index is 0.00000105. The minimum atomic E-state index is -0.585. The Bertz CT molecular complexity index is 1660. The summed E-state index contributed by atoms with van der Waals surface area (Å²) in [4.78, 5) is 42.0. The summed E-state index contributed by atoms with van der Waals surface area (Å²) in [7, 11) is 1.64. The second kappa shape index (κ2) is 11.6. The second-order valence-corrected chi connectivity index (χ2v) is 11.7. The molecule has 1 saturated heterocycles. The van der Waals surface area contributed by atoms with E-state index in [0.29, 0.717) is 61.0 Å². The van der Waals surface area contributed by atoms with Gasteiger partial charge in [0.15, 0.2) is 5.78 Å². The molecular formula is C34H35N3O6. The van der Waals surface area contributed by atoms with E-state index in [9.17, 15) is 9.59 Å². The number of Topliss-reactive ketones (excluding diaryl/α,β-unsaturated/α-hetero) is 1. The Kier molecular flexibility index (Phi) is 7.64. The molecule has 2 fully saturated rings. The van der Waals surface area contributed by atoms with Gasteiger partial charge < -0.3 is 24.8 Å². The Morgan fingerprint density at radius 1 is 1.19 bits per heavy atom. The van der Waals surface area contributed by atoms with Gasteiger partial charge in [-0.15, -0.1) is 0 Å². The summed E-state index contributed by atoms with van der Waals surface area (Å²) in [5.41, 5.74) is 5.83. The van der Waals surface area contributed by atoms with E-state index in [1.54, 1.807) is 13.2 Å². The summed E-state index contributed by atoms with van der Waals surface area (Å²) in [6.07, 6.45) is 7.97. The first-order valence-corrected chi connectivity index (χ1v) is 14.7. The van der Waals surface area contributed by atoms with Gasteiger partial charge in [-0.25, -0.2) is 4.98 Å². The van der Waals surface area contributed by atoms with Crippen molar-refractivity contribution < 1.29 is 29.0 Å². The molecule has 4 heterocycles. The van der Waals surface area contributed by atoms with Crippen LogP contribution < -0.4 is 14.8 Å². The number of likely N-dealkylation sites (tertiary alicyclic amines) is 1. The smallest absolute Gasteiger partial charge is 0.290 e. The number of para-hydroxylation sites is 1. The van der Waals surface area contributed by atoms with Crippen molar-refractivity contribution in [2.75, 3.05) is 26.7 Å². The molecule has 1 amide bonds. The number of methoxy groups -OCH3 is 1. The molecular weight excluding hydrogens is 546 g/mol. The number of amides is 1. The largest absolute Gasteiger partial charge is 0.496 e. The molecule has 43 heavy (non-hydrogen) atoms. The first-order chi connectivity index (χ1) is 20.8. The van der Waals surface area contributed by atoms with Crippen LogP contribution in [0, 0.1) is 0 Å². The molecule has 0 bridgehead atoms. The molecule has 9 heteroatoms. The molecule has 2 aromatic carbocycles. The van der Waals surface area contributed by atoms with Gasteiger partial charge in [-0.3, -0.25) is 14.4 Å². The summed E-state index contributed by atoms with van der Waals surface area (Å²) in [5, 5.41) is 11.1. The van der Waals surface area contributed by atoms with E-state index in [2.05, 4.69) is 24.4 Å². The van der Waals surface area contributed by atoms with Gasteiger partial charge in [0.05, 0.1) is 24.6 Å². The SMILES string of the molecule is COc1cc(C(=O)N2CCC3(CC2)CC(=O)c2cc(C4=CNCC(C)=C4)ccc2O3)nc2c(C3CC3)cccc12.O=CO. The standard InChI is InChI=1S/C33H33N3O4.CH2O2/c1-20-14-23(19-34-18-20)22-8-9-29-26(15-22)28(37)17-33(40-29)10-12-36(13-11-33)32(38)27-16-30(39-2)25-5-3-4-24(21-6-7-21)31(25)35-27;2-1-3/h3-5,8-9,14-16,19,21,34H,6-7,10-13,17-18H2,1-2H3;1H,(H,2,3). The summed E-state index contributed by atoms with van der Waals surface area (Å²) in [6.45, 7) is 3.69. The first-order valence-electron chi connectivity index (χ1n) is 14.7. The molecule has 9 nitrogen and oxygen atoms in total. The molecule has 222 valence electrons. The van der Waals surface area contributed by atoms with Gasteiger partial charge >= 0.3 is 0 Å². The molecule has 3 aromatic rings. The van der Waals surface area contributed by atoms with Crippen LogP contribution in [-0.4, -0.2) is 65.5 Å². The number of dihydropyridines is 1. The number of aromatic nitrogens is 1. The number of pyridine rings is 1. The number of carboxylic acid groups (broad SMARTS) is 1. The minimum absolute atomic E-state index is 0.0986. The van der Waals surface area contributed by atoms with Crippen LogP contribution in [0.1, 0.15) is 76.9 Å². The number of hydrogen-bond acceptors (Lipinski definition) is 7. The lowest BCUT2D eigenvalue weighted by Crippen LogP contribution is -2.52. The number of nitrogens with one attached hydrogen (secondary N) is 1. The van der Waals surface area contributed by atoms with Gasteiger partial charge in [0.1, 0.15) is 22.8 Å². The summed E-state index contributed by atoms with van der Waals surface area (Å²) >= 11 is 0. The van der Waals surface area contributed by atoms with Crippen LogP contribution in [0.25, 0.3) is 16.5 Å². The van der Waals surface area contributed by atoms with Crippen molar-refractivity contribution in [1.29, 1.82) is 0 Å². The molecule has 1 aromatic heterocycles. The predicted octanol–water partition coefficient (Wildman–Crippen LogP) is 5.35. The zero-order valence-corrected chi connectivity index (χ0v) is 24.4. The number of carbonyl (C=O) groups excluding carboxylic acids is 2. The van der Waals surface area contributed by atoms with E-state index in [1.807, 2.05) is 41.4 Å². The molecule has 0 radical (unpaired) electrons. The fraction of sp³-hybridized carbons (Fsp3) is 0.353. The van der Waals surface area contributed by atoms with Crippen LogP contribution >= 0.6 is 0 Å². The fourth-order valence-corrected chi connectivity index (χ4v) is 6.32. The van der Waals surface area contributed by atoms with E-state index >= 15 is 0 Å². The molecule has 1 aliphatic carbocycles. The minimum Gasteiger partial charge on any atom is -0.496 e. The summed E-state index contributed by atoms with van der Waals surface area (Å²) < 4.78 is 12.2. The zero-order valence-electron chi connectivity index (χ0n) is 24.4. The molecule has 7 rings (SSSR count). The number of carbonyl (C=O) groups is 3. The van der Waals surface area contributed by atoms with Crippen molar-refractivity contribution in [2.24, 2.45) is 0 Å². The van der Waals surface area contributed by atoms with Gasteiger partial charge in [0.25, 0.3) is 12.4 Å². The third kappa shape index (κ3) is 5.59. The van der Waals surface area contributed by atoms with Crippen molar-refractivity contribution in [3.05, 3.63) is 82.7 Å². The lowest BCUT2D eigenvalue weighted by molar-refractivity contribution is -0.122. The molecule has 1 spiro atoms. The van der Waals surface area contributed by atoms with E-state index < -0.39 is 5.60 Å². The molecule has 1 saturated carbocycles. The fourth-order valence-electron chi connectivity index (χ4n) is 6.32. The van der Waals surface area contributed by atoms with Crippen molar-refractivity contribution in [1.82, 2.24) is 15.2 Å². The van der Waals surface area contributed by atoms with Crippen molar-refractivity contribution in [2.45, 2.75) is 50.5 Å². The van der Waals surface area contributed by atoms with E-state index in [0.717, 1.165) is 41.4 Å². The Morgan fingerprint density at radius 2 is 1.95 bits per heavy atom. The highest BCUT2D eigenvalue weighted by atomic mass is 16.5. The maximum Gasteiger partial charge on any atom is 0.290 e. The highest BCUT2D eigenvalue weighted by Gasteiger charge is 2.44. The Labute approximate surface area is 250 Å². The number of rotatable bonds is 4. The lowest BCUT2D eigenvalue weighted by Gasteiger charge is -2.44. The number of piperidine rings is 1. The van der Waals surface area contributed by atoms with Gasteiger partial charge in [0, 0.05) is 50.1 Å². The predicted molar refractivity (Wildman–Crippen MR) is 163 cm³/mol. The van der Waals surface area contributed by atoms with Crippen molar-refractivity contribution in [3.8, 4) is 11.5 Å². The summed E-state index contributed by atoms with van der Waals surface area (Å²) in [5.74, 6) is 1.81. The van der Waals surface area contributed by atoms with E-state index in [-0.39, 0.29) is 18.2 Å². The second-order valence-electron chi connectivity index (χ2n) is 11.7. The van der Waals surface area contributed by atoms with Crippen LogP contribution in [0.15, 0.2) is 60.3 Å². The van der Waals surface area contributed by atoms with E-state index in [1.165, 1.54) is 11.1 Å². The van der Waals surface area contributed by atoms with Crippen LogP contribution in [0.5, 0.6) is 11.5 Å². The molecule has 3 aliphatic heterocycles. The van der Waals surface area contributed by atoms with Crippen LogP contribution in [0.2, 0.25) is 0 Å². The monoisotopic (exact) mass is 581 g/mol. The first kappa shape index (κ1) is 28.5. The lowest BCUT2D eigenvalue weighted by atomic mass is 9.82. The average Bonchev–Trinajstić information content (AvgIpc) is 3.86. The van der Waals surface area contributed by atoms with Crippen molar-refractivity contribution in [3.63, 3.8) is 0 Å². The molecule has 2 N–H and O–H groups in total. The van der Waals surface area contributed by atoms with Gasteiger partial charge in [-0.05, 0) is 60.6 Å². The van der Waals surface area contributed by atoms with E-state index in [4.69, 9.17) is 24.4 Å². The Hall–Kier alpha value is -4.66. The maximum absolute atomic E-state index is 13.6. The number of nitrogens with zero attached hydrogens (tertiary/aromatic N) is 2. The highest BCUT2D eigenvalue weighted by Crippen LogP contribution is 2.44. The zero-order chi connectivity index (χ0) is 30.1. The average molecular weight is 582 g/mol. The topological polar surface area (TPSA) is 118 Å². The molecule has 0 unspecified atom stereocenters. The Morgan fingerprint density at radius 3 is 2.65 bits per heavy atom. The third-order valence-electron chi connectivity index (χ3n) is 8.71. The van der Waals surface area contributed by atoms with Gasteiger partial charge in [-0.1, -0.05) is 29.8 Å². The van der Waals surface area contributed by atoms with Crippen LogP contribution in [0.3, 0.4) is 0 Å². The van der Waals surface area contributed by atoms with Crippen LogP contribution in [0.4, 0.5) is 0 Å². The number of ketones is 1. The quantitative estimate of drug-likeness (QED) is 0.396. The highest BCUT2D eigenvalue weighted by molar-refractivity contribution is 6.02. The third-order valence-corrected chi connectivity index (χ3v) is 8.71. The number of benzene rings is 2.